The summed E-state index contributed by atoms with van der Waals surface area (Å²) in [6.07, 6.45) is 4.41. The maximum Gasteiger partial charge on any atom is 0.267 e. The Kier molecular flexibility index (Phi) is 5.69. The summed E-state index contributed by atoms with van der Waals surface area (Å²) < 4.78 is 7.25. The van der Waals surface area contributed by atoms with Gasteiger partial charge in [0.25, 0.3) is 5.56 Å². The van der Waals surface area contributed by atoms with Crippen molar-refractivity contribution in [3.8, 4) is 17.5 Å². The fourth-order valence-corrected chi connectivity index (χ4v) is 5.78. The van der Waals surface area contributed by atoms with Crippen LogP contribution in [0.5, 0.6) is 5.75 Å². The zero-order valence-electron chi connectivity index (χ0n) is 15.7. The third-order valence-corrected chi connectivity index (χ3v) is 6.99. The molecule has 2 aromatic heterocycles. The molecule has 1 aromatic carbocycles. The molecule has 0 amide bonds. The van der Waals surface area contributed by atoms with Gasteiger partial charge >= 0.3 is 0 Å². The molecule has 144 valence electrons. The quantitative estimate of drug-likeness (QED) is 0.319. The summed E-state index contributed by atoms with van der Waals surface area (Å²) in [5.41, 5.74) is 2.00. The fraction of sp³-hybridized carbons (Fsp3) is 0.381. The average molecular weight is 412 g/mol. The van der Waals surface area contributed by atoms with Gasteiger partial charge in [-0.3, -0.25) is 9.36 Å². The van der Waals surface area contributed by atoms with Gasteiger partial charge in [0.2, 0.25) is 0 Å². The number of aromatic nitrogens is 2. The standard InChI is InChI=1S/C21H21N3O2S2/c1-2-26-15-10-8-14(9-11-15)24-20(25)18-16-6-5-7-17(16)28-19(18)23-21(24)27-13-4-3-12-22/h8-11H,2-7,13H2,1H3. The van der Waals surface area contributed by atoms with E-state index >= 15 is 0 Å². The van der Waals surface area contributed by atoms with Gasteiger partial charge in [-0.1, -0.05) is 11.8 Å². The van der Waals surface area contributed by atoms with Crippen molar-refractivity contribution in [3.05, 3.63) is 45.1 Å². The number of rotatable bonds is 7. The van der Waals surface area contributed by atoms with E-state index in [1.807, 2.05) is 31.2 Å². The van der Waals surface area contributed by atoms with Crippen LogP contribution in [0.3, 0.4) is 0 Å². The van der Waals surface area contributed by atoms with Crippen molar-refractivity contribution in [1.82, 2.24) is 9.55 Å². The monoisotopic (exact) mass is 411 g/mol. The van der Waals surface area contributed by atoms with Crippen LogP contribution in [0.1, 0.15) is 36.6 Å². The van der Waals surface area contributed by atoms with Gasteiger partial charge < -0.3 is 4.74 Å². The van der Waals surface area contributed by atoms with Crippen LogP contribution in [-0.2, 0) is 12.8 Å². The molecule has 2 heterocycles. The molecule has 0 radical (unpaired) electrons. The summed E-state index contributed by atoms with van der Waals surface area (Å²) in [7, 11) is 0. The van der Waals surface area contributed by atoms with Crippen LogP contribution >= 0.6 is 23.1 Å². The first-order valence-electron chi connectivity index (χ1n) is 9.53. The van der Waals surface area contributed by atoms with E-state index in [1.54, 1.807) is 27.7 Å². The Balaban J connectivity index is 1.82. The summed E-state index contributed by atoms with van der Waals surface area (Å²) in [5.74, 6) is 1.54. The van der Waals surface area contributed by atoms with Crippen molar-refractivity contribution in [3.63, 3.8) is 0 Å². The van der Waals surface area contributed by atoms with Gasteiger partial charge in [0.05, 0.1) is 23.7 Å². The minimum absolute atomic E-state index is 0.0105. The molecule has 0 aliphatic heterocycles. The van der Waals surface area contributed by atoms with E-state index in [0.29, 0.717) is 18.2 Å². The Morgan fingerprint density at radius 1 is 1.32 bits per heavy atom. The Morgan fingerprint density at radius 3 is 2.89 bits per heavy atom. The molecule has 0 unspecified atom stereocenters. The predicted molar refractivity (Wildman–Crippen MR) is 114 cm³/mol. The molecule has 4 rings (SSSR count). The van der Waals surface area contributed by atoms with E-state index in [-0.39, 0.29) is 5.56 Å². The number of benzene rings is 1. The van der Waals surface area contributed by atoms with Crippen molar-refractivity contribution < 1.29 is 4.74 Å². The van der Waals surface area contributed by atoms with Crippen molar-refractivity contribution in [2.45, 2.75) is 44.2 Å². The molecule has 7 heteroatoms. The molecule has 0 saturated carbocycles. The first-order chi connectivity index (χ1) is 13.7. The lowest BCUT2D eigenvalue weighted by Crippen LogP contribution is -2.22. The second-order valence-corrected chi connectivity index (χ2v) is 8.76. The van der Waals surface area contributed by atoms with Crippen LogP contribution in [-0.4, -0.2) is 21.9 Å². The number of ether oxygens (including phenoxy) is 1. The molecular formula is C21H21N3O2S2. The number of hydrogen-bond acceptors (Lipinski definition) is 6. The van der Waals surface area contributed by atoms with E-state index in [1.165, 1.54) is 10.4 Å². The molecule has 0 bridgehead atoms. The highest BCUT2D eigenvalue weighted by Gasteiger charge is 2.23. The topological polar surface area (TPSA) is 67.9 Å². The average Bonchev–Trinajstić information content (AvgIpc) is 3.27. The highest BCUT2D eigenvalue weighted by molar-refractivity contribution is 7.99. The summed E-state index contributed by atoms with van der Waals surface area (Å²) in [4.78, 5) is 20.5. The molecule has 1 aliphatic carbocycles. The smallest absolute Gasteiger partial charge is 0.267 e. The zero-order valence-corrected chi connectivity index (χ0v) is 17.4. The third-order valence-electron chi connectivity index (χ3n) is 4.78. The van der Waals surface area contributed by atoms with Crippen molar-refractivity contribution in [2.24, 2.45) is 0 Å². The number of thioether (sulfide) groups is 1. The maximum atomic E-state index is 13.5. The molecular weight excluding hydrogens is 390 g/mol. The first-order valence-corrected chi connectivity index (χ1v) is 11.3. The van der Waals surface area contributed by atoms with Crippen LogP contribution in [0, 0.1) is 11.3 Å². The Labute approximate surface area is 172 Å². The van der Waals surface area contributed by atoms with Crippen molar-refractivity contribution >= 4 is 33.3 Å². The molecule has 1 aliphatic rings. The van der Waals surface area contributed by atoms with E-state index in [2.05, 4.69) is 6.07 Å². The Morgan fingerprint density at radius 2 is 2.14 bits per heavy atom. The molecule has 28 heavy (non-hydrogen) atoms. The maximum absolute atomic E-state index is 13.5. The van der Waals surface area contributed by atoms with E-state index < -0.39 is 0 Å². The number of fused-ring (bicyclic) bond motifs is 3. The van der Waals surface area contributed by atoms with Gasteiger partial charge in [-0.05, 0) is 62.4 Å². The summed E-state index contributed by atoms with van der Waals surface area (Å²) >= 11 is 3.20. The number of hydrogen-bond donors (Lipinski definition) is 0. The summed E-state index contributed by atoms with van der Waals surface area (Å²) in [6, 6.07) is 9.76. The minimum Gasteiger partial charge on any atom is -0.494 e. The van der Waals surface area contributed by atoms with Crippen LogP contribution < -0.4 is 10.3 Å². The van der Waals surface area contributed by atoms with E-state index in [9.17, 15) is 4.79 Å². The summed E-state index contributed by atoms with van der Waals surface area (Å²) in [6.45, 7) is 2.55. The first kappa shape index (κ1) is 19.0. The van der Waals surface area contributed by atoms with Crippen LogP contribution in [0.2, 0.25) is 0 Å². The van der Waals surface area contributed by atoms with Gasteiger partial charge in [0.15, 0.2) is 5.16 Å². The molecule has 0 fully saturated rings. The second kappa shape index (κ2) is 8.38. The van der Waals surface area contributed by atoms with Gasteiger partial charge in [0, 0.05) is 17.1 Å². The van der Waals surface area contributed by atoms with Gasteiger partial charge in [-0.25, -0.2) is 4.98 Å². The third kappa shape index (κ3) is 3.54. The van der Waals surface area contributed by atoms with Crippen LogP contribution in [0.25, 0.3) is 15.9 Å². The van der Waals surface area contributed by atoms with E-state index in [4.69, 9.17) is 15.0 Å². The molecule has 5 nitrogen and oxygen atoms in total. The molecule has 0 saturated heterocycles. The molecule has 0 N–H and O–H groups in total. The lowest BCUT2D eigenvalue weighted by atomic mass is 10.2. The van der Waals surface area contributed by atoms with Crippen molar-refractivity contribution in [1.29, 1.82) is 5.26 Å². The summed E-state index contributed by atoms with van der Waals surface area (Å²) in [5, 5.41) is 10.3. The fourth-order valence-electron chi connectivity index (χ4n) is 3.52. The lowest BCUT2D eigenvalue weighted by Gasteiger charge is -2.13. The highest BCUT2D eigenvalue weighted by atomic mass is 32.2. The largest absolute Gasteiger partial charge is 0.494 e. The zero-order chi connectivity index (χ0) is 19.5. The SMILES string of the molecule is CCOc1ccc(-n2c(SCCCC#N)nc3sc4c(c3c2=O)CCC4)cc1. The number of unbranched alkanes of at least 4 members (excludes halogenated alkanes) is 1. The van der Waals surface area contributed by atoms with Gasteiger partial charge in [-0.15, -0.1) is 11.3 Å². The Bertz CT molecular complexity index is 1090. The molecule has 0 spiro atoms. The number of nitrogens with zero attached hydrogens (tertiary/aromatic N) is 3. The van der Waals surface area contributed by atoms with Crippen LogP contribution in [0.15, 0.2) is 34.2 Å². The second-order valence-electron chi connectivity index (χ2n) is 6.61. The Hall–Kier alpha value is -2.30. The highest BCUT2D eigenvalue weighted by Crippen LogP contribution is 2.36. The molecule has 3 aromatic rings. The number of thiophene rings is 1. The molecule has 0 atom stereocenters. The predicted octanol–water partition coefficient (Wildman–Crippen LogP) is 4.73. The minimum atomic E-state index is 0.0105. The van der Waals surface area contributed by atoms with Gasteiger partial charge in [0.1, 0.15) is 10.6 Å². The van der Waals surface area contributed by atoms with Gasteiger partial charge in [-0.2, -0.15) is 5.26 Å². The normalized spacial score (nSPS) is 12.9. The lowest BCUT2D eigenvalue weighted by molar-refractivity contribution is 0.340. The van der Waals surface area contributed by atoms with Crippen molar-refractivity contribution in [2.75, 3.05) is 12.4 Å². The number of aryl methyl sites for hydroxylation is 2. The van der Waals surface area contributed by atoms with Crippen LogP contribution in [0.4, 0.5) is 0 Å². The number of nitriles is 1. The van der Waals surface area contributed by atoms with E-state index in [0.717, 1.165) is 53.1 Å².